The zero-order chi connectivity index (χ0) is 21.2. The van der Waals surface area contributed by atoms with E-state index >= 15 is 0 Å². The van der Waals surface area contributed by atoms with Gasteiger partial charge in [-0.05, 0) is 82.0 Å². The van der Waals surface area contributed by atoms with Crippen molar-refractivity contribution in [2.45, 2.75) is 52.3 Å². The van der Waals surface area contributed by atoms with Crippen molar-refractivity contribution in [3.05, 3.63) is 77.0 Å². The van der Waals surface area contributed by atoms with Gasteiger partial charge < -0.3 is 9.15 Å². The third-order valence-corrected chi connectivity index (χ3v) is 4.55. The summed E-state index contributed by atoms with van der Waals surface area (Å²) in [6, 6.07) is 15.0. The first-order valence-electron chi connectivity index (χ1n) is 9.56. The van der Waals surface area contributed by atoms with Crippen LogP contribution >= 0.6 is 0 Å². The zero-order valence-electron chi connectivity index (χ0n) is 17.1. The number of hydrogen-bond acceptors (Lipinski definition) is 2. The minimum absolute atomic E-state index is 0.232. The Bertz CT molecular complexity index is 944. The Labute approximate surface area is 169 Å². The van der Waals surface area contributed by atoms with Gasteiger partial charge in [0.2, 0.25) is 0 Å². The number of hydrogen-bond donors (Lipinski definition) is 0. The van der Waals surface area contributed by atoms with Crippen LogP contribution in [0.5, 0.6) is 5.75 Å². The van der Waals surface area contributed by atoms with Crippen LogP contribution in [-0.4, -0.2) is 5.60 Å². The van der Waals surface area contributed by atoms with Gasteiger partial charge in [-0.2, -0.15) is 13.2 Å². The molecule has 0 aliphatic rings. The number of furan rings is 1. The third-order valence-electron chi connectivity index (χ3n) is 4.55. The lowest BCUT2D eigenvalue weighted by Gasteiger charge is -2.21. The summed E-state index contributed by atoms with van der Waals surface area (Å²) in [5.41, 5.74) is 1.97. The largest absolute Gasteiger partial charge is 0.488 e. The summed E-state index contributed by atoms with van der Waals surface area (Å²) in [4.78, 5) is 0. The third kappa shape index (κ3) is 5.66. The van der Waals surface area contributed by atoms with E-state index in [1.165, 1.54) is 17.7 Å². The fourth-order valence-electron chi connectivity index (χ4n) is 3.09. The van der Waals surface area contributed by atoms with Crippen LogP contribution < -0.4 is 4.74 Å². The maximum Gasteiger partial charge on any atom is 0.416 e. The van der Waals surface area contributed by atoms with Gasteiger partial charge in [-0.25, -0.2) is 0 Å². The van der Waals surface area contributed by atoms with E-state index < -0.39 is 11.7 Å². The van der Waals surface area contributed by atoms with Crippen molar-refractivity contribution < 1.29 is 22.3 Å². The maximum atomic E-state index is 12.7. The molecule has 0 aliphatic carbocycles. The molecule has 5 heteroatoms. The molecule has 3 aromatic rings. The molecular formula is C24H25F3O2. The van der Waals surface area contributed by atoms with E-state index in [0.717, 1.165) is 42.0 Å². The summed E-state index contributed by atoms with van der Waals surface area (Å²) < 4.78 is 49.8. The van der Waals surface area contributed by atoms with Gasteiger partial charge >= 0.3 is 6.18 Å². The summed E-state index contributed by atoms with van der Waals surface area (Å²) in [7, 11) is 0. The van der Waals surface area contributed by atoms with Crippen molar-refractivity contribution in [1.82, 2.24) is 0 Å². The smallest absolute Gasteiger partial charge is 0.416 e. The molecule has 0 spiro atoms. The van der Waals surface area contributed by atoms with Crippen LogP contribution in [0.1, 0.15) is 43.2 Å². The van der Waals surface area contributed by atoms with E-state index in [-0.39, 0.29) is 5.60 Å². The molecule has 0 saturated carbocycles. The highest BCUT2D eigenvalue weighted by molar-refractivity contribution is 5.59. The summed E-state index contributed by atoms with van der Waals surface area (Å²) >= 11 is 0. The Morgan fingerprint density at radius 1 is 0.862 bits per heavy atom. The maximum absolute atomic E-state index is 12.7. The second kappa shape index (κ2) is 7.97. The minimum Gasteiger partial charge on any atom is -0.488 e. The molecule has 2 nitrogen and oxygen atoms in total. The van der Waals surface area contributed by atoms with Gasteiger partial charge in [-0.3, -0.25) is 0 Å². The number of aryl methyl sites for hydroxylation is 3. The lowest BCUT2D eigenvalue weighted by atomic mass is 10.0. The molecule has 0 N–H and O–H groups in total. The van der Waals surface area contributed by atoms with Gasteiger partial charge in [-0.15, -0.1) is 0 Å². The highest BCUT2D eigenvalue weighted by Crippen LogP contribution is 2.32. The summed E-state index contributed by atoms with van der Waals surface area (Å²) in [6.45, 7) is 7.91. The van der Waals surface area contributed by atoms with Gasteiger partial charge in [0.15, 0.2) is 0 Å². The van der Waals surface area contributed by atoms with E-state index in [9.17, 15) is 13.2 Å². The van der Waals surface area contributed by atoms with Crippen molar-refractivity contribution in [3.8, 4) is 17.1 Å². The molecule has 0 aliphatic heterocycles. The quantitative estimate of drug-likeness (QED) is 0.449. The molecule has 0 atom stereocenters. The zero-order valence-corrected chi connectivity index (χ0v) is 17.1. The topological polar surface area (TPSA) is 22.4 Å². The van der Waals surface area contributed by atoms with Crippen LogP contribution in [0.2, 0.25) is 0 Å². The predicted molar refractivity (Wildman–Crippen MR) is 108 cm³/mol. The normalized spacial score (nSPS) is 12.2. The standard InChI is InChI=1S/C24H25F3O2/c1-16-19(8-5-17-6-13-21(14-7-17)29-23(2,3)4)15-22(28-16)18-9-11-20(12-10-18)24(25,26)27/h6-7,9-15H,5,8H2,1-4H3. The van der Waals surface area contributed by atoms with Gasteiger partial charge in [-0.1, -0.05) is 24.3 Å². The first kappa shape index (κ1) is 21.0. The summed E-state index contributed by atoms with van der Waals surface area (Å²) in [5.74, 6) is 2.21. The van der Waals surface area contributed by atoms with E-state index in [1.807, 2.05) is 58.0 Å². The molecule has 0 fully saturated rings. The van der Waals surface area contributed by atoms with Gasteiger partial charge in [0.1, 0.15) is 22.9 Å². The highest BCUT2D eigenvalue weighted by Gasteiger charge is 2.30. The average Bonchev–Trinajstić information content (AvgIpc) is 3.00. The molecule has 0 amide bonds. The number of rotatable bonds is 5. The molecule has 154 valence electrons. The predicted octanol–water partition coefficient (Wildman–Crippen LogP) is 7.24. The molecule has 1 aromatic heterocycles. The van der Waals surface area contributed by atoms with E-state index in [4.69, 9.17) is 9.15 Å². The summed E-state index contributed by atoms with van der Waals surface area (Å²) in [5, 5.41) is 0. The lowest BCUT2D eigenvalue weighted by molar-refractivity contribution is -0.137. The SMILES string of the molecule is Cc1oc(-c2ccc(C(F)(F)F)cc2)cc1CCc1ccc(OC(C)(C)C)cc1. The van der Waals surface area contributed by atoms with E-state index in [0.29, 0.717) is 11.3 Å². The molecule has 0 saturated heterocycles. The van der Waals surface area contributed by atoms with Crippen LogP contribution in [0.3, 0.4) is 0 Å². The molecule has 1 heterocycles. The van der Waals surface area contributed by atoms with Crippen molar-refractivity contribution >= 4 is 0 Å². The molecule has 2 aromatic carbocycles. The highest BCUT2D eigenvalue weighted by atomic mass is 19.4. The molecule has 3 rings (SSSR count). The fraction of sp³-hybridized carbons (Fsp3) is 0.333. The van der Waals surface area contributed by atoms with Gasteiger partial charge in [0.25, 0.3) is 0 Å². The van der Waals surface area contributed by atoms with Crippen molar-refractivity contribution in [3.63, 3.8) is 0 Å². The van der Waals surface area contributed by atoms with Crippen molar-refractivity contribution in [1.29, 1.82) is 0 Å². The van der Waals surface area contributed by atoms with Crippen LogP contribution in [0.15, 0.2) is 59.0 Å². The number of halogens is 3. The number of benzene rings is 2. The molecule has 29 heavy (non-hydrogen) atoms. The van der Waals surface area contributed by atoms with Crippen LogP contribution in [0, 0.1) is 6.92 Å². The first-order chi connectivity index (χ1) is 13.5. The van der Waals surface area contributed by atoms with Crippen molar-refractivity contribution in [2.75, 3.05) is 0 Å². The Morgan fingerprint density at radius 3 is 2.03 bits per heavy atom. The van der Waals surface area contributed by atoms with Crippen LogP contribution in [0.4, 0.5) is 13.2 Å². The van der Waals surface area contributed by atoms with Crippen LogP contribution in [-0.2, 0) is 19.0 Å². The Balaban J connectivity index is 1.66. The number of alkyl halides is 3. The minimum atomic E-state index is -4.34. The van der Waals surface area contributed by atoms with Crippen LogP contribution in [0.25, 0.3) is 11.3 Å². The Morgan fingerprint density at radius 2 is 1.48 bits per heavy atom. The molecular weight excluding hydrogens is 377 g/mol. The summed E-state index contributed by atoms with van der Waals surface area (Å²) in [6.07, 6.45) is -2.71. The lowest BCUT2D eigenvalue weighted by Crippen LogP contribution is -2.22. The number of ether oxygens (including phenoxy) is 1. The molecule has 0 radical (unpaired) electrons. The van der Waals surface area contributed by atoms with E-state index in [2.05, 4.69) is 0 Å². The second-order valence-corrected chi connectivity index (χ2v) is 8.13. The monoisotopic (exact) mass is 402 g/mol. The molecule has 0 bridgehead atoms. The van der Waals surface area contributed by atoms with E-state index in [1.54, 1.807) is 0 Å². The Hall–Kier alpha value is -2.69. The second-order valence-electron chi connectivity index (χ2n) is 8.13. The van der Waals surface area contributed by atoms with Gasteiger partial charge in [0.05, 0.1) is 5.56 Å². The van der Waals surface area contributed by atoms with Crippen molar-refractivity contribution in [2.24, 2.45) is 0 Å². The fourth-order valence-corrected chi connectivity index (χ4v) is 3.09. The average molecular weight is 402 g/mol. The molecule has 0 unspecified atom stereocenters. The Kier molecular flexibility index (Phi) is 5.78. The first-order valence-corrected chi connectivity index (χ1v) is 9.56. The van der Waals surface area contributed by atoms with Gasteiger partial charge in [0, 0.05) is 5.56 Å².